The van der Waals surface area contributed by atoms with Crippen molar-refractivity contribution in [1.29, 1.82) is 0 Å². The highest BCUT2D eigenvalue weighted by molar-refractivity contribution is 6.34. The number of nitrogens with two attached hydrogens (primary N) is 1. The van der Waals surface area contributed by atoms with E-state index in [1.165, 1.54) is 13.0 Å². The van der Waals surface area contributed by atoms with Crippen LogP contribution in [0.3, 0.4) is 0 Å². The van der Waals surface area contributed by atoms with Gasteiger partial charge in [0.15, 0.2) is 5.82 Å². The molecule has 1 aromatic carbocycles. The second-order valence-corrected chi connectivity index (χ2v) is 13.3. The molecule has 1 aliphatic carbocycles. The van der Waals surface area contributed by atoms with Gasteiger partial charge in [0.1, 0.15) is 17.2 Å². The van der Waals surface area contributed by atoms with Crippen molar-refractivity contribution >= 4 is 34.1 Å². The van der Waals surface area contributed by atoms with Crippen molar-refractivity contribution in [2.75, 3.05) is 63.2 Å². The number of alkyl halides is 3. The molecule has 0 spiro atoms. The fourth-order valence-corrected chi connectivity index (χ4v) is 7.31. The number of pyridine rings is 1. The Bertz CT molecular complexity index is 1610. The summed E-state index contributed by atoms with van der Waals surface area (Å²) >= 11 is 6.62. The van der Waals surface area contributed by atoms with E-state index in [-0.39, 0.29) is 39.4 Å². The van der Waals surface area contributed by atoms with Gasteiger partial charge < -0.3 is 25.4 Å². The number of morpholine rings is 1. The van der Waals surface area contributed by atoms with Gasteiger partial charge >= 0.3 is 12.2 Å². The molecule has 45 heavy (non-hydrogen) atoms. The predicted molar refractivity (Wildman–Crippen MR) is 163 cm³/mol. The van der Waals surface area contributed by atoms with Crippen LogP contribution in [-0.4, -0.2) is 84.5 Å². The zero-order chi connectivity index (χ0) is 31.5. The van der Waals surface area contributed by atoms with Gasteiger partial charge in [-0.05, 0) is 56.7 Å². The minimum absolute atomic E-state index is 0.0203. The number of fused-ring (bicyclic) bond motifs is 3. The summed E-state index contributed by atoms with van der Waals surface area (Å²) in [6, 6.07) is 3.16. The van der Waals surface area contributed by atoms with Gasteiger partial charge in [-0.3, -0.25) is 4.90 Å². The Balaban J connectivity index is 1.32. The Morgan fingerprint density at radius 3 is 2.58 bits per heavy atom. The van der Waals surface area contributed by atoms with Gasteiger partial charge in [0.05, 0.1) is 41.7 Å². The summed E-state index contributed by atoms with van der Waals surface area (Å²) in [4.78, 5) is 17.6. The molecule has 2 atom stereocenters. The zero-order valence-corrected chi connectivity index (χ0v) is 25.8. The van der Waals surface area contributed by atoms with E-state index >= 15 is 4.39 Å². The van der Waals surface area contributed by atoms with Crippen LogP contribution in [0.15, 0.2) is 12.1 Å². The maximum atomic E-state index is 16.7. The van der Waals surface area contributed by atoms with Gasteiger partial charge in [0.25, 0.3) is 0 Å². The van der Waals surface area contributed by atoms with Crippen molar-refractivity contribution in [3.63, 3.8) is 0 Å². The number of hydrogen-bond donors (Lipinski definition) is 2. The van der Waals surface area contributed by atoms with Gasteiger partial charge in [0, 0.05) is 55.6 Å². The average Bonchev–Trinajstić information content (AvgIpc) is 3.64. The molecule has 14 heteroatoms. The smallest absolute Gasteiger partial charge is 0.418 e. The summed E-state index contributed by atoms with van der Waals surface area (Å²) in [5.41, 5.74) is 3.15. The number of halogens is 5. The number of anilines is 2. The topological polar surface area (TPSA) is 102 Å². The predicted octanol–water partition coefficient (Wildman–Crippen LogP) is 5.22. The average molecular weight is 650 g/mol. The van der Waals surface area contributed by atoms with E-state index in [0.29, 0.717) is 50.2 Å². The molecular weight excluding hydrogens is 614 g/mol. The molecule has 0 amide bonds. The molecule has 3 saturated heterocycles. The fourth-order valence-electron chi connectivity index (χ4n) is 7.03. The van der Waals surface area contributed by atoms with Crippen LogP contribution in [0.2, 0.25) is 5.02 Å². The van der Waals surface area contributed by atoms with Crippen LogP contribution in [0, 0.1) is 18.2 Å². The lowest BCUT2D eigenvalue weighted by Crippen LogP contribution is -2.41. The third-order valence-corrected chi connectivity index (χ3v) is 9.85. The van der Waals surface area contributed by atoms with Crippen LogP contribution in [-0.2, 0) is 10.9 Å². The monoisotopic (exact) mass is 649 g/mol. The lowest BCUT2D eigenvalue weighted by Gasteiger charge is -2.30. The van der Waals surface area contributed by atoms with Gasteiger partial charge in [0.2, 0.25) is 0 Å². The number of nitrogen functional groups attached to an aromatic ring is 1. The maximum Gasteiger partial charge on any atom is 0.418 e. The van der Waals surface area contributed by atoms with Gasteiger partial charge in [-0.25, -0.2) is 9.37 Å². The van der Waals surface area contributed by atoms with E-state index in [1.54, 1.807) is 0 Å². The van der Waals surface area contributed by atoms with E-state index in [0.717, 1.165) is 57.8 Å². The Kier molecular flexibility index (Phi) is 7.94. The summed E-state index contributed by atoms with van der Waals surface area (Å²) in [6.45, 7) is 6.86. The number of aromatic nitrogens is 3. The number of nitrogens with zero attached hydrogens (tertiary/aromatic N) is 5. The van der Waals surface area contributed by atoms with Crippen molar-refractivity contribution in [3.05, 3.63) is 34.1 Å². The molecule has 9 nitrogen and oxygen atoms in total. The first-order valence-corrected chi connectivity index (χ1v) is 15.9. The third kappa shape index (κ3) is 6.11. The lowest BCUT2D eigenvalue weighted by atomic mass is 9.99. The van der Waals surface area contributed by atoms with Gasteiger partial charge in [-0.2, -0.15) is 23.1 Å². The number of aryl methyl sites for hydroxylation is 1. The van der Waals surface area contributed by atoms with Crippen molar-refractivity contribution in [3.8, 4) is 17.3 Å². The first-order chi connectivity index (χ1) is 21.5. The second kappa shape index (κ2) is 11.7. The molecule has 3 aromatic rings. The first-order valence-electron chi connectivity index (χ1n) is 15.5. The van der Waals surface area contributed by atoms with Crippen molar-refractivity contribution in [2.45, 2.75) is 57.3 Å². The summed E-state index contributed by atoms with van der Waals surface area (Å²) in [5, 5.41) is 3.70. The van der Waals surface area contributed by atoms with Crippen LogP contribution >= 0.6 is 11.6 Å². The van der Waals surface area contributed by atoms with E-state index in [4.69, 9.17) is 31.8 Å². The normalized spacial score (nSPS) is 23.4. The minimum atomic E-state index is -4.83. The highest BCUT2D eigenvalue weighted by Crippen LogP contribution is 2.47. The summed E-state index contributed by atoms with van der Waals surface area (Å²) in [7, 11) is 0. The lowest BCUT2D eigenvalue weighted by molar-refractivity contribution is -0.137. The molecular formula is C31H36ClF4N7O2. The molecule has 4 aliphatic rings. The molecule has 3 N–H and O–H groups in total. The molecule has 4 fully saturated rings. The molecule has 3 aliphatic heterocycles. The zero-order valence-electron chi connectivity index (χ0n) is 25.0. The Labute approximate surface area is 263 Å². The third-order valence-electron chi connectivity index (χ3n) is 9.55. The van der Waals surface area contributed by atoms with Crippen LogP contribution in [0.4, 0.5) is 29.2 Å². The van der Waals surface area contributed by atoms with Crippen molar-refractivity contribution in [2.24, 2.45) is 5.41 Å². The number of hydrogen-bond acceptors (Lipinski definition) is 9. The summed E-state index contributed by atoms with van der Waals surface area (Å²) in [5.74, 6) is -0.763. The minimum Gasteiger partial charge on any atom is -0.463 e. The van der Waals surface area contributed by atoms with Crippen molar-refractivity contribution < 1.29 is 27.0 Å². The first kappa shape index (κ1) is 30.6. The highest BCUT2D eigenvalue weighted by atomic mass is 35.5. The molecule has 5 heterocycles. The fraction of sp³-hybridized carbons (Fsp3) is 0.581. The maximum absolute atomic E-state index is 16.7. The standard InChI is InChI=1S/C31H36ClF4N7O2/c1-17-12-22(37)39-27(24(17)31(34,35)36)23-21(32)13-20-26(25(23)33)40-29(41-28(20)43-7-4-18-2-3-19(14-43)38-18)45-16-30(5-6-30)15-42-8-10-44-11-9-42/h12-13,18-19,38H,2-11,14-16H2,1H3,(H2,37,39)/t18-,19+/m1/s1. The van der Waals surface area contributed by atoms with Crippen molar-refractivity contribution in [1.82, 2.24) is 25.2 Å². The summed E-state index contributed by atoms with van der Waals surface area (Å²) in [6.07, 6.45) is 0.128. The Morgan fingerprint density at radius 1 is 1.09 bits per heavy atom. The number of nitrogens with one attached hydrogen (secondary N) is 1. The Hall–Kier alpha value is -3.00. The van der Waals surface area contributed by atoms with E-state index in [1.807, 2.05) is 0 Å². The molecule has 2 aromatic heterocycles. The van der Waals surface area contributed by atoms with Crippen LogP contribution < -0.4 is 20.7 Å². The summed E-state index contributed by atoms with van der Waals surface area (Å²) < 4.78 is 71.1. The van der Waals surface area contributed by atoms with Crippen LogP contribution in [0.1, 0.15) is 43.2 Å². The molecule has 242 valence electrons. The quantitative estimate of drug-likeness (QED) is 0.334. The molecule has 0 unspecified atom stereocenters. The number of rotatable bonds is 7. The number of ether oxygens (including phenoxy) is 2. The van der Waals surface area contributed by atoms with E-state index < -0.39 is 28.8 Å². The second-order valence-electron chi connectivity index (χ2n) is 12.9. The molecule has 1 saturated carbocycles. The largest absolute Gasteiger partial charge is 0.463 e. The van der Waals surface area contributed by atoms with Gasteiger partial charge in [-0.15, -0.1) is 0 Å². The van der Waals surface area contributed by atoms with Crippen LogP contribution in [0.25, 0.3) is 22.2 Å². The highest BCUT2D eigenvalue weighted by Gasteiger charge is 2.45. The molecule has 0 radical (unpaired) electrons. The van der Waals surface area contributed by atoms with E-state index in [9.17, 15) is 13.2 Å². The van der Waals surface area contributed by atoms with E-state index in [2.05, 4.69) is 25.1 Å². The molecule has 2 bridgehead atoms. The van der Waals surface area contributed by atoms with Crippen LogP contribution in [0.5, 0.6) is 6.01 Å². The SMILES string of the molecule is Cc1cc(N)nc(-c2c(Cl)cc3c(N4CC[C@H]5CC[C@@H](C4)N5)nc(OCC4(CN5CCOCC5)CC4)nc3c2F)c1C(F)(F)F. The molecule has 7 rings (SSSR count). The van der Waals surface area contributed by atoms with Gasteiger partial charge in [-0.1, -0.05) is 11.6 Å². The number of benzene rings is 1. The Morgan fingerprint density at radius 2 is 1.84 bits per heavy atom.